The van der Waals surface area contributed by atoms with Crippen LogP contribution < -0.4 is 5.32 Å². The molecule has 0 radical (unpaired) electrons. The van der Waals surface area contributed by atoms with E-state index < -0.39 is 18.1 Å². The van der Waals surface area contributed by atoms with Gasteiger partial charge in [0.1, 0.15) is 6.04 Å². The van der Waals surface area contributed by atoms with E-state index >= 15 is 0 Å². The second-order valence-corrected chi connectivity index (χ2v) is 7.78. The van der Waals surface area contributed by atoms with Crippen LogP contribution in [0.15, 0.2) is 30.5 Å². The summed E-state index contributed by atoms with van der Waals surface area (Å²) in [5.74, 6) is -0.885. The van der Waals surface area contributed by atoms with Gasteiger partial charge in [-0.1, -0.05) is 76.5 Å². The molecule has 0 fully saturated rings. The summed E-state index contributed by atoms with van der Waals surface area (Å²) in [5, 5.41) is 23.8. The van der Waals surface area contributed by atoms with Crippen molar-refractivity contribution >= 4 is 16.9 Å². The minimum absolute atomic E-state index is 0.315. The molecule has 4 N–H and O–H groups in total. The molecule has 5 nitrogen and oxygen atoms in total. The average Bonchev–Trinajstić information content (AvgIpc) is 3.10. The fraction of sp³-hybridized carbons (Fsp3) is 0.609. The number of carboxylic acids is 1. The fourth-order valence-corrected chi connectivity index (χ4v) is 3.66. The van der Waals surface area contributed by atoms with Gasteiger partial charge in [-0.05, 0) is 18.1 Å². The highest BCUT2D eigenvalue weighted by Gasteiger charge is 2.20. The van der Waals surface area contributed by atoms with Crippen LogP contribution in [0, 0.1) is 0 Å². The van der Waals surface area contributed by atoms with Crippen LogP contribution in [-0.4, -0.2) is 39.9 Å². The monoisotopic (exact) mass is 388 g/mol. The molecule has 2 atom stereocenters. The summed E-state index contributed by atoms with van der Waals surface area (Å²) >= 11 is 0. The first-order chi connectivity index (χ1) is 13.6. The van der Waals surface area contributed by atoms with E-state index in [4.69, 9.17) is 0 Å². The van der Waals surface area contributed by atoms with E-state index in [1.807, 2.05) is 30.5 Å². The summed E-state index contributed by atoms with van der Waals surface area (Å²) in [5.41, 5.74) is 1.99. The van der Waals surface area contributed by atoms with Crippen molar-refractivity contribution in [2.75, 3.05) is 6.54 Å². The molecule has 0 aliphatic rings. The predicted octanol–water partition coefficient (Wildman–Crippen LogP) is 4.64. The second kappa shape index (κ2) is 12.6. The van der Waals surface area contributed by atoms with Crippen molar-refractivity contribution in [2.24, 2.45) is 0 Å². The number of hydrogen-bond acceptors (Lipinski definition) is 3. The molecule has 1 aromatic carbocycles. The third-order valence-corrected chi connectivity index (χ3v) is 5.39. The van der Waals surface area contributed by atoms with Crippen LogP contribution in [0.2, 0.25) is 0 Å². The Morgan fingerprint density at radius 1 is 1.07 bits per heavy atom. The molecule has 0 bridgehead atoms. The smallest absolute Gasteiger partial charge is 0.321 e. The second-order valence-electron chi connectivity index (χ2n) is 7.78. The lowest BCUT2D eigenvalue weighted by Crippen LogP contribution is -2.42. The van der Waals surface area contributed by atoms with E-state index in [0.29, 0.717) is 13.0 Å². The number of hydrogen-bond donors (Lipinski definition) is 4. The van der Waals surface area contributed by atoms with Crippen LogP contribution in [-0.2, 0) is 11.2 Å². The Labute approximate surface area is 168 Å². The van der Waals surface area contributed by atoms with E-state index in [0.717, 1.165) is 35.7 Å². The molecule has 0 aliphatic carbocycles. The maximum atomic E-state index is 11.6. The number of H-pyrrole nitrogens is 1. The van der Waals surface area contributed by atoms with Gasteiger partial charge in [0.15, 0.2) is 0 Å². The third-order valence-electron chi connectivity index (χ3n) is 5.39. The van der Waals surface area contributed by atoms with Crippen LogP contribution >= 0.6 is 0 Å². The molecular weight excluding hydrogens is 352 g/mol. The highest BCUT2D eigenvalue weighted by Crippen LogP contribution is 2.19. The summed E-state index contributed by atoms with van der Waals surface area (Å²) in [4.78, 5) is 14.8. The van der Waals surface area contributed by atoms with Crippen LogP contribution in [0.3, 0.4) is 0 Å². The van der Waals surface area contributed by atoms with Crippen molar-refractivity contribution in [1.82, 2.24) is 10.3 Å². The molecule has 2 unspecified atom stereocenters. The Morgan fingerprint density at radius 3 is 2.46 bits per heavy atom. The summed E-state index contributed by atoms with van der Waals surface area (Å²) in [6, 6.07) is 7.19. The molecule has 0 saturated heterocycles. The molecule has 0 amide bonds. The third kappa shape index (κ3) is 7.64. The van der Waals surface area contributed by atoms with Gasteiger partial charge in [0.25, 0.3) is 0 Å². The molecule has 1 aromatic heterocycles. The zero-order valence-electron chi connectivity index (χ0n) is 17.1. The lowest BCUT2D eigenvalue weighted by molar-refractivity contribution is -0.139. The molecule has 28 heavy (non-hydrogen) atoms. The molecule has 156 valence electrons. The summed E-state index contributed by atoms with van der Waals surface area (Å²) in [6.45, 7) is 2.54. The average molecular weight is 389 g/mol. The number of para-hydroxylation sites is 1. The van der Waals surface area contributed by atoms with Crippen molar-refractivity contribution < 1.29 is 15.0 Å². The van der Waals surface area contributed by atoms with Crippen molar-refractivity contribution in [2.45, 2.75) is 83.3 Å². The molecule has 0 spiro atoms. The number of benzene rings is 1. The van der Waals surface area contributed by atoms with Gasteiger partial charge in [-0.2, -0.15) is 0 Å². The molecule has 1 heterocycles. The predicted molar refractivity (Wildman–Crippen MR) is 115 cm³/mol. The van der Waals surface area contributed by atoms with E-state index in [2.05, 4.69) is 17.2 Å². The van der Waals surface area contributed by atoms with E-state index in [1.165, 1.54) is 38.5 Å². The van der Waals surface area contributed by atoms with Gasteiger partial charge in [-0.15, -0.1) is 0 Å². The van der Waals surface area contributed by atoms with Crippen LogP contribution in [0.5, 0.6) is 0 Å². The van der Waals surface area contributed by atoms with Gasteiger partial charge in [-0.25, -0.2) is 0 Å². The number of unbranched alkanes of at least 4 members (excludes halogenated alkanes) is 7. The number of aliphatic carboxylic acids is 1. The quantitative estimate of drug-likeness (QED) is 0.335. The molecule has 5 heteroatoms. The number of carboxylic acid groups (broad SMARTS) is 1. The van der Waals surface area contributed by atoms with Crippen molar-refractivity contribution in [3.8, 4) is 0 Å². The number of nitrogens with one attached hydrogen (secondary N) is 2. The SMILES string of the molecule is CCCCCCCCCCC(O)CNC(Cc1c[nH]c2ccccc12)C(=O)O. The Bertz CT molecular complexity index is 698. The number of aliphatic hydroxyl groups excluding tert-OH is 1. The van der Waals surface area contributed by atoms with Gasteiger partial charge in [0, 0.05) is 30.1 Å². The zero-order valence-corrected chi connectivity index (χ0v) is 17.1. The standard InChI is InChI=1S/C23H36N2O3/c1-2-3-4-5-6-7-8-9-12-19(26)17-25-22(23(27)28)15-18-16-24-21-14-11-10-13-20(18)21/h10-11,13-14,16,19,22,24-26H,2-9,12,15,17H2,1H3,(H,27,28). The number of rotatable bonds is 15. The number of aromatic amines is 1. The van der Waals surface area contributed by atoms with Gasteiger partial charge in [0.05, 0.1) is 6.10 Å². The highest BCUT2D eigenvalue weighted by molar-refractivity contribution is 5.84. The lowest BCUT2D eigenvalue weighted by atomic mass is 10.0. The topological polar surface area (TPSA) is 85.4 Å². The maximum absolute atomic E-state index is 11.6. The fourth-order valence-electron chi connectivity index (χ4n) is 3.66. The molecule has 0 aliphatic heterocycles. The number of aliphatic hydroxyl groups is 1. The molecular formula is C23H36N2O3. The first-order valence-electron chi connectivity index (χ1n) is 10.8. The number of carbonyl (C=O) groups is 1. The van der Waals surface area contributed by atoms with Crippen LogP contribution in [0.4, 0.5) is 0 Å². The van der Waals surface area contributed by atoms with Crippen LogP contribution in [0.1, 0.15) is 70.3 Å². The summed E-state index contributed by atoms with van der Waals surface area (Å²) in [6.07, 6.45) is 12.4. The number of fused-ring (bicyclic) bond motifs is 1. The molecule has 0 saturated carbocycles. The highest BCUT2D eigenvalue weighted by atomic mass is 16.4. The maximum Gasteiger partial charge on any atom is 0.321 e. The lowest BCUT2D eigenvalue weighted by Gasteiger charge is -2.17. The minimum Gasteiger partial charge on any atom is -0.480 e. The van der Waals surface area contributed by atoms with Crippen molar-refractivity contribution in [3.63, 3.8) is 0 Å². The zero-order chi connectivity index (χ0) is 20.2. The summed E-state index contributed by atoms with van der Waals surface area (Å²) in [7, 11) is 0. The van der Waals surface area contributed by atoms with Gasteiger partial charge >= 0.3 is 5.97 Å². The molecule has 2 aromatic rings. The largest absolute Gasteiger partial charge is 0.480 e. The minimum atomic E-state index is -0.885. The van der Waals surface area contributed by atoms with Gasteiger partial charge in [0.2, 0.25) is 0 Å². The van der Waals surface area contributed by atoms with Crippen LogP contribution in [0.25, 0.3) is 10.9 Å². The normalized spacial score (nSPS) is 13.6. The van der Waals surface area contributed by atoms with Gasteiger partial charge in [-0.3, -0.25) is 4.79 Å². The summed E-state index contributed by atoms with van der Waals surface area (Å²) < 4.78 is 0. The first-order valence-corrected chi connectivity index (χ1v) is 10.8. The van der Waals surface area contributed by atoms with E-state index in [9.17, 15) is 15.0 Å². The van der Waals surface area contributed by atoms with E-state index in [1.54, 1.807) is 0 Å². The first kappa shape index (κ1) is 22.4. The Balaban J connectivity index is 1.67. The number of aromatic nitrogens is 1. The Morgan fingerprint density at radius 2 is 1.75 bits per heavy atom. The Kier molecular flexibility index (Phi) is 10.1. The van der Waals surface area contributed by atoms with Crippen molar-refractivity contribution in [1.29, 1.82) is 0 Å². The van der Waals surface area contributed by atoms with Gasteiger partial charge < -0.3 is 20.5 Å². The molecule has 2 rings (SSSR count). The Hall–Kier alpha value is -1.85. The van der Waals surface area contributed by atoms with E-state index in [-0.39, 0.29) is 0 Å². The van der Waals surface area contributed by atoms with Crippen molar-refractivity contribution in [3.05, 3.63) is 36.0 Å².